The number of aliphatic carboxylic acids is 1. The fraction of sp³-hybridized carbons (Fsp3) is 0.636. The number of carbonyl (C=O) groups is 1. The Hall–Kier alpha value is -2.71. The molecule has 2 atom stereocenters. The minimum atomic E-state index is -0.974. The zero-order valence-corrected chi connectivity index (χ0v) is 25.8. The number of ether oxygens (including phenoxy) is 1. The highest BCUT2D eigenvalue weighted by Gasteiger charge is 2.40. The summed E-state index contributed by atoms with van der Waals surface area (Å²) in [4.78, 5) is 22.0. The van der Waals surface area contributed by atoms with E-state index in [2.05, 4.69) is 43.1 Å². The van der Waals surface area contributed by atoms with Crippen LogP contribution in [0.15, 0.2) is 24.3 Å². The summed E-state index contributed by atoms with van der Waals surface area (Å²) in [5, 5.41) is 13.8. The number of aryl methyl sites for hydroxylation is 2. The molecule has 7 nitrogen and oxygen atoms in total. The lowest BCUT2D eigenvalue weighted by Crippen LogP contribution is -2.50. The van der Waals surface area contributed by atoms with Crippen molar-refractivity contribution in [2.75, 3.05) is 38.6 Å². The first kappa shape index (κ1) is 31.2. The van der Waals surface area contributed by atoms with Crippen molar-refractivity contribution in [3.05, 3.63) is 52.5 Å². The van der Waals surface area contributed by atoms with Gasteiger partial charge in [0.25, 0.3) is 0 Å². The van der Waals surface area contributed by atoms with Crippen LogP contribution in [0, 0.1) is 5.82 Å². The highest BCUT2D eigenvalue weighted by molar-refractivity contribution is 5.77. The molecule has 0 amide bonds. The minimum Gasteiger partial charge on any atom is -0.493 e. The molecule has 2 aromatic rings. The minimum absolute atomic E-state index is 0.0297. The molecule has 41 heavy (non-hydrogen) atoms. The van der Waals surface area contributed by atoms with Crippen LogP contribution < -0.4 is 10.1 Å². The third-order valence-corrected chi connectivity index (χ3v) is 8.64. The van der Waals surface area contributed by atoms with Crippen molar-refractivity contribution in [3.8, 4) is 5.75 Å². The van der Waals surface area contributed by atoms with Gasteiger partial charge in [-0.05, 0) is 101 Å². The van der Waals surface area contributed by atoms with E-state index in [4.69, 9.17) is 9.72 Å². The van der Waals surface area contributed by atoms with Crippen molar-refractivity contribution < 1.29 is 19.0 Å². The third kappa shape index (κ3) is 7.58. The standard InChI is InChI=1S/C33H49FN4O3/c1-22(2)24-19-27(30(41-6)28(34)20-24)29(32(39)40)37-18-15-26(21-37)38(33(3,4)5)17-9-7-8-12-25-14-13-23-11-10-16-35-31(23)36-25/h13-14,19-20,22,26,29H,7-12,15-18,21H2,1-6H3,(H,35,36)(H,39,40)/t26-,29-/m1/s1. The van der Waals surface area contributed by atoms with Crippen molar-refractivity contribution in [1.29, 1.82) is 0 Å². The molecule has 0 radical (unpaired) electrons. The molecule has 1 aromatic heterocycles. The van der Waals surface area contributed by atoms with Crippen LogP contribution in [0.3, 0.4) is 0 Å². The van der Waals surface area contributed by atoms with Crippen LogP contribution in [-0.2, 0) is 17.6 Å². The SMILES string of the molecule is COc1c(F)cc(C(C)C)cc1[C@H](C(=O)O)N1CC[C@@H](N(CCCCCc2ccc3c(n2)NCCC3)C(C)(C)C)C1. The molecule has 2 N–H and O–H groups in total. The van der Waals surface area contributed by atoms with Crippen LogP contribution in [0.5, 0.6) is 5.75 Å². The average molecular weight is 569 g/mol. The molecular weight excluding hydrogens is 519 g/mol. The van der Waals surface area contributed by atoms with Crippen LogP contribution in [-0.4, -0.2) is 70.7 Å². The zero-order valence-electron chi connectivity index (χ0n) is 25.8. The highest BCUT2D eigenvalue weighted by atomic mass is 19.1. The van der Waals surface area contributed by atoms with Crippen molar-refractivity contribution in [2.45, 2.75) is 103 Å². The van der Waals surface area contributed by atoms with Gasteiger partial charge in [0, 0.05) is 42.5 Å². The molecule has 4 rings (SSSR count). The number of nitrogens with one attached hydrogen (secondary N) is 1. The number of benzene rings is 1. The Kier molecular flexibility index (Phi) is 10.3. The Labute approximate surface area is 245 Å². The number of methoxy groups -OCH3 is 1. The lowest BCUT2D eigenvalue weighted by molar-refractivity contribution is -0.143. The summed E-state index contributed by atoms with van der Waals surface area (Å²) in [7, 11) is 1.41. The molecule has 0 unspecified atom stereocenters. The fourth-order valence-corrected chi connectivity index (χ4v) is 6.47. The van der Waals surface area contributed by atoms with Gasteiger partial charge in [0.15, 0.2) is 11.6 Å². The van der Waals surface area contributed by atoms with E-state index < -0.39 is 17.8 Å². The van der Waals surface area contributed by atoms with Crippen molar-refractivity contribution in [2.24, 2.45) is 0 Å². The van der Waals surface area contributed by atoms with Gasteiger partial charge in [-0.15, -0.1) is 0 Å². The molecule has 1 saturated heterocycles. The number of carboxylic acid groups (broad SMARTS) is 1. The van der Waals surface area contributed by atoms with Gasteiger partial charge in [-0.1, -0.05) is 26.3 Å². The molecular formula is C33H49FN4O3. The van der Waals surface area contributed by atoms with E-state index in [0.717, 1.165) is 68.7 Å². The number of pyridine rings is 1. The van der Waals surface area contributed by atoms with E-state index in [9.17, 15) is 14.3 Å². The summed E-state index contributed by atoms with van der Waals surface area (Å²) in [5.74, 6) is -0.311. The molecule has 0 bridgehead atoms. The Balaban J connectivity index is 1.39. The van der Waals surface area contributed by atoms with Crippen LogP contribution in [0.2, 0.25) is 0 Å². The van der Waals surface area contributed by atoms with Gasteiger partial charge < -0.3 is 15.2 Å². The lowest BCUT2D eigenvalue weighted by atomic mass is 9.95. The number of unbranched alkanes of at least 4 members (excludes halogenated alkanes) is 2. The maximum absolute atomic E-state index is 15.0. The van der Waals surface area contributed by atoms with E-state index in [-0.39, 0.29) is 23.2 Å². The van der Waals surface area contributed by atoms with Gasteiger partial charge in [0.1, 0.15) is 11.9 Å². The number of fused-ring (bicyclic) bond motifs is 1. The number of rotatable bonds is 12. The van der Waals surface area contributed by atoms with Crippen LogP contribution >= 0.6 is 0 Å². The predicted octanol–water partition coefficient (Wildman–Crippen LogP) is 6.42. The zero-order chi connectivity index (χ0) is 29.7. The van der Waals surface area contributed by atoms with E-state index in [0.29, 0.717) is 18.7 Å². The topological polar surface area (TPSA) is 77.9 Å². The first-order valence-corrected chi connectivity index (χ1v) is 15.3. The van der Waals surface area contributed by atoms with Crippen molar-refractivity contribution >= 4 is 11.8 Å². The quantitative estimate of drug-likeness (QED) is 0.286. The number of aromatic nitrogens is 1. The predicted molar refractivity (Wildman–Crippen MR) is 162 cm³/mol. The Bertz CT molecular complexity index is 1200. The lowest BCUT2D eigenvalue weighted by Gasteiger charge is -2.40. The number of hydrogen-bond acceptors (Lipinski definition) is 6. The first-order chi connectivity index (χ1) is 19.5. The monoisotopic (exact) mass is 568 g/mol. The maximum Gasteiger partial charge on any atom is 0.325 e. The Morgan fingerprint density at radius 2 is 2.02 bits per heavy atom. The van der Waals surface area contributed by atoms with Gasteiger partial charge in [-0.2, -0.15) is 0 Å². The van der Waals surface area contributed by atoms with Gasteiger partial charge in [-0.3, -0.25) is 14.6 Å². The second-order valence-corrected chi connectivity index (χ2v) is 13.0. The van der Waals surface area contributed by atoms with E-state index in [1.807, 2.05) is 24.8 Å². The number of hydrogen-bond donors (Lipinski definition) is 2. The molecule has 2 aliphatic rings. The van der Waals surface area contributed by atoms with Crippen LogP contribution in [0.1, 0.15) is 101 Å². The van der Waals surface area contributed by atoms with Gasteiger partial charge in [0.05, 0.1) is 7.11 Å². The summed E-state index contributed by atoms with van der Waals surface area (Å²) < 4.78 is 20.4. The summed E-state index contributed by atoms with van der Waals surface area (Å²) >= 11 is 0. The van der Waals surface area contributed by atoms with Crippen LogP contribution in [0.25, 0.3) is 0 Å². The molecule has 0 spiro atoms. The Morgan fingerprint density at radius 1 is 1.24 bits per heavy atom. The van der Waals surface area contributed by atoms with Gasteiger partial charge in [0.2, 0.25) is 0 Å². The molecule has 226 valence electrons. The fourth-order valence-electron chi connectivity index (χ4n) is 6.47. The first-order valence-electron chi connectivity index (χ1n) is 15.3. The number of halogens is 1. The normalized spacial score (nSPS) is 18.4. The number of nitrogens with zero attached hydrogens (tertiary/aromatic N) is 3. The second kappa shape index (κ2) is 13.5. The highest BCUT2D eigenvalue weighted by Crippen LogP contribution is 2.38. The molecule has 0 aliphatic carbocycles. The smallest absolute Gasteiger partial charge is 0.325 e. The van der Waals surface area contributed by atoms with E-state index >= 15 is 0 Å². The Morgan fingerprint density at radius 3 is 2.71 bits per heavy atom. The van der Waals surface area contributed by atoms with Crippen LogP contribution in [0.4, 0.5) is 10.2 Å². The molecule has 1 fully saturated rings. The van der Waals surface area contributed by atoms with E-state index in [1.54, 1.807) is 0 Å². The molecule has 3 heterocycles. The molecule has 0 saturated carbocycles. The summed E-state index contributed by atoms with van der Waals surface area (Å²) in [6.07, 6.45) is 7.43. The molecule has 2 aliphatic heterocycles. The number of carboxylic acids is 1. The summed E-state index contributed by atoms with van der Waals surface area (Å²) in [6.45, 7) is 13.9. The summed E-state index contributed by atoms with van der Waals surface area (Å²) in [6, 6.07) is 6.95. The average Bonchev–Trinajstić information content (AvgIpc) is 3.38. The second-order valence-electron chi connectivity index (χ2n) is 13.0. The molecule has 8 heteroatoms. The summed E-state index contributed by atoms with van der Waals surface area (Å²) in [5.41, 5.74) is 3.61. The van der Waals surface area contributed by atoms with Gasteiger partial charge in [-0.25, -0.2) is 9.37 Å². The maximum atomic E-state index is 15.0. The third-order valence-electron chi connectivity index (χ3n) is 8.64. The number of anilines is 1. The van der Waals surface area contributed by atoms with E-state index in [1.165, 1.54) is 25.2 Å². The molecule has 1 aromatic carbocycles. The largest absolute Gasteiger partial charge is 0.493 e. The number of likely N-dealkylation sites (tertiary alicyclic amines) is 1. The van der Waals surface area contributed by atoms with Gasteiger partial charge >= 0.3 is 5.97 Å². The van der Waals surface area contributed by atoms with Crippen molar-refractivity contribution in [3.63, 3.8) is 0 Å². The van der Waals surface area contributed by atoms with Crippen molar-refractivity contribution in [1.82, 2.24) is 14.8 Å².